The molecule has 6 nitrogen and oxygen atoms in total. The molecular formula is C22H23N3O3. The van der Waals surface area contributed by atoms with E-state index in [1.54, 1.807) is 42.7 Å². The van der Waals surface area contributed by atoms with E-state index in [0.717, 1.165) is 5.69 Å². The van der Waals surface area contributed by atoms with Gasteiger partial charge >= 0.3 is 0 Å². The van der Waals surface area contributed by atoms with E-state index < -0.39 is 0 Å². The van der Waals surface area contributed by atoms with Crippen molar-refractivity contribution in [2.45, 2.75) is 20.4 Å². The lowest BCUT2D eigenvalue weighted by Gasteiger charge is -2.10. The molecule has 3 N–H and O–H groups in total. The van der Waals surface area contributed by atoms with E-state index in [2.05, 4.69) is 16.0 Å². The number of hydrogen-bond donors (Lipinski definition) is 3. The maximum Gasteiger partial charge on any atom is 0.251 e. The molecule has 2 amide bonds. The van der Waals surface area contributed by atoms with Gasteiger partial charge in [0.05, 0.1) is 19.4 Å². The van der Waals surface area contributed by atoms with Gasteiger partial charge in [-0.05, 0) is 67.4 Å². The van der Waals surface area contributed by atoms with Crippen molar-refractivity contribution in [1.82, 2.24) is 5.32 Å². The zero-order valence-electron chi connectivity index (χ0n) is 15.9. The molecule has 0 aliphatic carbocycles. The lowest BCUT2D eigenvalue weighted by Crippen LogP contribution is -2.24. The van der Waals surface area contributed by atoms with Crippen LogP contribution in [0.5, 0.6) is 0 Å². The van der Waals surface area contributed by atoms with Gasteiger partial charge in [-0.2, -0.15) is 0 Å². The molecule has 0 fully saturated rings. The Balaban J connectivity index is 1.53. The van der Waals surface area contributed by atoms with E-state index in [-0.39, 0.29) is 18.4 Å². The van der Waals surface area contributed by atoms with Crippen LogP contribution in [0.4, 0.5) is 11.4 Å². The number of amides is 2. The number of rotatable bonds is 7. The zero-order chi connectivity index (χ0) is 19.9. The van der Waals surface area contributed by atoms with E-state index in [9.17, 15) is 9.59 Å². The van der Waals surface area contributed by atoms with Crippen LogP contribution in [0.2, 0.25) is 0 Å². The van der Waals surface area contributed by atoms with E-state index >= 15 is 0 Å². The molecule has 0 saturated heterocycles. The monoisotopic (exact) mass is 377 g/mol. The van der Waals surface area contributed by atoms with Crippen LogP contribution < -0.4 is 16.0 Å². The maximum atomic E-state index is 12.3. The van der Waals surface area contributed by atoms with Crippen LogP contribution in [0, 0.1) is 13.8 Å². The van der Waals surface area contributed by atoms with Crippen LogP contribution in [0.25, 0.3) is 0 Å². The number of furan rings is 1. The number of carbonyl (C=O) groups is 2. The second-order valence-electron chi connectivity index (χ2n) is 6.54. The number of carbonyl (C=O) groups excluding carboxylic acids is 2. The molecule has 0 unspecified atom stereocenters. The lowest BCUT2D eigenvalue weighted by molar-refractivity contribution is -0.114. The Morgan fingerprint density at radius 3 is 2.54 bits per heavy atom. The van der Waals surface area contributed by atoms with Crippen molar-refractivity contribution in [3.05, 3.63) is 83.3 Å². The summed E-state index contributed by atoms with van der Waals surface area (Å²) in [6.45, 7) is 4.52. The second-order valence-corrected chi connectivity index (χ2v) is 6.54. The van der Waals surface area contributed by atoms with Crippen molar-refractivity contribution in [2.75, 3.05) is 17.2 Å². The molecule has 0 aliphatic rings. The summed E-state index contributed by atoms with van der Waals surface area (Å²) in [6.07, 6.45) is 1.56. The summed E-state index contributed by atoms with van der Waals surface area (Å²) in [5, 5.41) is 8.69. The van der Waals surface area contributed by atoms with Crippen LogP contribution in [0.3, 0.4) is 0 Å². The van der Waals surface area contributed by atoms with Crippen LogP contribution in [-0.2, 0) is 11.3 Å². The summed E-state index contributed by atoms with van der Waals surface area (Å²) in [6, 6.07) is 16.3. The molecule has 1 aromatic heterocycles. The van der Waals surface area contributed by atoms with Gasteiger partial charge in [0, 0.05) is 16.9 Å². The third kappa shape index (κ3) is 5.23. The van der Waals surface area contributed by atoms with Crippen molar-refractivity contribution >= 4 is 23.2 Å². The van der Waals surface area contributed by atoms with Gasteiger partial charge in [-0.25, -0.2) is 0 Å². The fourth-order valence-corrected chi connectivity index (χ4v) is 2.66. The number of anilines is 2. The quantitative estimate of drug-likeness (QED) is 0.583. The minimum atomic E-state index is -0.235. The highest BCUT2D eigenvalue weighted by molar-refractivity contribution is 5.98. The van der Waals surface area contributed by atoms with Crippen molar-refractivity contribution in [2.24, 2.45) is 0 Å². The molecule has 1 heterocycles. The fraction of sp³-hybridized carbons (Fsp3) is 0.182. The Morgan fingerprint density at radius 1 is 0.929 bits per heavy atom. The van der Waals surface area contributed by atoms with Gasteiger partial charge in [-0.3, -0.25) is 9.59 Å². The molecule has 2 aromatic carbocycles. The summed E-state index contributed by atoms with van der Waals surface area (Å²) >= 11 is 0. The summed E-state index contributed by atoms with van der Waals surface area (Å²) in [5.41, 5.74) is 4.30. The summed E-state index contributed by atoms with van der Waals surface area (Å²) in [4.78, 5) is 24.5. The predicted molar refractivity (Wildman–Crippen MR) is 109 cm³/mol. The van der Waals surface area contributed by atoms with E-state index in [1.807, 2.05) is 32.0 Å². The summed E-state index contributed by atoms with van der Waals surface area (Å²) in [7, 11) is 0. The highest BCUT2D eigenvalue weighted by atomic mass is 16.3. The predicted octanol–water partition coefficient (Wildman–Crippen LogP) is 3.88. The first kappa shape index (κ1) is 19.2. The molecule has 0 aliphatic heterocycles. The van der Waals surface area contributed by atoms with E-state index in [0.29, 0.717) is 23.6 Å². The normalized spacial score (nSPS) is 10.4. The highest BCUT2D eigenvalue weighted by Gasteiger charge is 2.09. The third-order valence-corrected chi connectivity index (χ3v) is 4.37. The Bertz CT molecular complexity index is 965. The number of hydrogen-bond acceptors (Lipinski definition) is 4. The van der Waals surface area contributed by atoms with Crippen LogP contribution in [0.15, 0.2) is 65.3 Å². The first-order valence-corrected chi connectivity index (χ1v) is 9.03. The Labute approximate surface area is 164 Å². The second kappa shape index (κ2) is 8.90. The minimum Gasteiger partial charge on any atom is -0.467 e. The van der Waals surface area contributed by atoms with Crippen molar-refractivity contribution in [3.8, 4) is 0 Å². The third-order valence-electron chi connectivity index (χ3n) is 4.37. The van der Waals surface area contributed by atoms with Crippen molar-refractivity contribution < 1.29 is 14.0 Å². The number of benzene rings is 2. The zero-order valence-corrected chi connectivity index (χ0v) is 15.9. The van der Waals surface area contributed by atoms with Crippen LogP contribution in [0.1, 0.15) is 27.2 Å². The van der Waals surface area contributed by atoms with Crippen molar-refractivity contribution in [1.29, 1.82) is 0 Å². The van der Waals surface area contributed by atoms with Crippen molar-refractivity contribution in [3.63, 3.8) is 0 Å². The van der Waals surface area contributed by atoms with E-state index in [4.69, 9.17) is 4.42 Å². The lowest BCUT2D eigenvalue weighted by atomic mass is 10.1. The fourth-order valence-electron chi connectivity index (χ4n) is 2.66. The molecular weight excluding hydrogens is 354 g/mol. The Hall–Kier alpha value is -3.54. The van der Waals surface area contributed by atoms with Crippen LogP contribution >= 0.6 is 0 Å². The molecule has 0 spiro atoms. The molecule has 28 heavy (non-hydrogen) atoms. The molecule has 144 valence electrons. The molecule has 0 saturated carbocycles. The Kier molecular flexibility index (Phi) is 6.11. The SMILES string of the molecule is Cc1ccc(NCC(=O)Nc2cccc(C(=O)NCc3ccco3)c2)cc1C. The number of nitrogens with one attached hydrogen (secondary N) is 3. The molecule has 0 bridgehead atoms. The van der Waals surface area contributed by atoms with Gasteiger partial charge in [0.1, 0.15) is 5.76 Å². The average molecular weight is 377 g/mol. The number of aryl methyl sites for hydroxylation is 2. The smallest absolute Gasteiger partial charge is 0.251 e. The maximum absolute atomic E-state index is 12.3. The van der Waals surface area contributed by atoms with Gasteiger partial charge in [-0.15, -0.1) is 0 Å². The summed E-state index contributed by atoms with van der Waals surface area (Å²) < 4.78 is 5.19. The molecule has 3 rings (SSSR count). The molecule has 0 radical (unpaired) electrons. The highest BCUT2D eigenvalue weighted by Crippen LogP contribution is 2.14. The minimum absolute atomic E-state index is 0.136. The van der Waals surface area contributed by atoms with Crippen LogP contribution in [-0.4, -0.2) is 18.4 Å². The molecule has 6 heteroatoms. The Morgan fingerprint density at radius 2 is 1.79 bits per heavy atom. The standard InChI is InChI=1S/C22H23N3O3/c1-15-8-9-18(11-16(15)2)23-14-21(26)25-19-6-3-5-17(12-19)22(27)24-13-20-7-4-10-28-20/h3-12,23H,13-14H2,1-2H3,(H,24,27)(H,25,26). The van der Waals surface area contributed by atoms with E-state index in [1.165, 1.54) is 11.1 Å². The first-order valence-electron chi connectivity index (χ1n) is 9.03. The van der Waals surface area contributed by atoms with Gasteiger partial charge in [0.25, 0.3) is 5.91 Å². The molecule has 0 atom stereocenters. The largest absolute Gasteiger partial charge is 0.467 e. The van der Waals surface area contributed by atoms with Gasteiger partial charge < -0.3 is 20.4 Å². The molecule has 3 aromatic rings. The summed E-state index contributed by atoms with van der Waals surface area (Å²) in [5.74, 6) is 0.252. The van der Waals surface area contributed by atoms with Gasteiger partial charge in [0.15, 0.2) is 0 Å². The average Bonchev–Trinajstić information content (AvgIpc) is 3.21. The topological polar surface area (TPSA) is 83.4 Å². The van der Waals surface area contributed by atoms with Gasteiger partial charge in [0.2, 0.25) is 5.91 Å². The van der Waals surface area contributed by atoms with Gasteiger partial charge in [-0.1, -0.05) is 12.1 Å². The first-order chi connectivity index (χ1) is 13.5.